The third-order valence-electron chi connectivity index (χ3n) is 3.49. The van der Waals surface area contributed by atoms with Crippen molar-refractivity contribution in [1.82, 2.24) is 4.98 Å². The summed E-state index contributed by atoms with van der Waals surface area (Å²) in [6, 6.07) is 14.4. The van der Waals surface area contributed by atoms with Gasteiger partial charge in [-0.2, -0.15) is 0 Å². The monoisotopic (exact) mass is 265 g/mol. The maximum atomic E-state index is 12.2. The van der Waals surface area contributed by atoms with Gasteiger partial charge in [-0.25, -0.2) is 0 Å². The first kappa shape index (κ1) is 10.8. The molecule has 1 N–H and O–H groups in total. The highest BCUT2D eigenvalue weighted by Gasteiger charge is 2.11. The quantitative estimate of drug-likeness (QED) is 0.507. The zero-order valence-electron chi connectivity index (χ0n) is 10.4. The number of aromatic nitrogens is 1. The molecular weight excluding hydrogens is 254 g/mol. The minimum atomic E-state index is 0.00699. The minimum absolute atomic E-state index is 0.00699. The van der Waals surface area contributed by atoms with Crippen LogP contribution in [0.3, 0.4) is 0 Å². The van der Waals surface area contributed by atoms with Crippen molar-refractivity contribution >= 4 is 42.4 Å². The Kier molecular flexibility index (Phi) is 2.09. The predicted octanol–water partition coefficient (Wildman–Crippen LogP) is 4.20. The van der Waals surface area contributed by atoms with Crippen molar-refractivity contribution in [1.29, 1.82) is 0 Å². The summed E-state index contributed by atoms with van der Waals surface area (Å²) >= 11 is 1.57. The van der Waals surface area contributed by atoms with E-state index in [1.165, 1.54) is 10.9 Å². The second kappa shape index (κ2) is 3.68. The number of nitrogens with one attached hydrogen (secondary N) is 1. The van der Waals surface area contributed by atoms with Crippen molar-refractivity contribution in [2.24, 2.45) is 0 Å². The highest BCUT2D eigenvalue weighted by Crippen LogP contribution is 2.35. The molecule has 2 aromatic carbocycles. The molecule has 0 aliphatic heterocycles. The van der Waals surface area contributed by atoms with E-state index in [0.29, 0.717) is 0 Å². The van der Waals surface area contributed by atoms with Crippen LogP contribution < -0.4 is 5.56 Å². The molecule has 2 nitrogen and oxygen atoms in total. The Morgan fingerprint density at radius 2 is 1.89 bits per heavy atom. The van der Waals surface area contributed by atoms with Gasteiger partial charge in [0.1, 0.15) is 4.70 Å². The van der Waals surface area contributed by atoms with E-state index < -0.39 is 0 Å². The molecule has 0 bridgehead atoms. The molecule has 4 aromatic rings. The van der Waals surface area contributed by atoms with Crippen LogP contribution >= 0.6 is 11.3 Å². The van der Waals surface area contributed by atoms with Gasteiger partial charge in [-0.15, -0.1) is 11.3 Å². The van der Waals surface area contributed by atoms with Gasteiger partial charge < -0.3 is 4.98 Å². The topological polar surface area (TPSA) is 32.9 Å². The Balaban J connectivity index is 2.42. The molecule has 0 aliphatic rings. The second-order valence-corrected chi connectivity index (χ2v) is 5.86. The Hall–Kier alpha value is -2.13. The number of aromatic amines is 1. The Morgan fingerprint density at radius 1 is 1.05 bits per heavy atom. The first-order chi connectivity index (χ1) is 9.24. The Bertz CT molecular complexity index is 994. The van der Waals surface area contributed by atoms with Crippen molar-refractivity contribution in [2.45, 2.75) is 6.92 Å². The lowest BCUT2D eigenvalue weighted by molar-refractivity contribution is 1.35. The average Bonchev–Trinajstić information content (AvgIpc) is 2.80. The van der Waals surface area contributed by atoms with Crippen LogP contribution in [0, 0.1) is 6.92 Å². The minimum Gasteiger partial charge on any atom is -0.321 e. The number of H-pyrrole nitrogens is 1. The number of hydrogen-bond acceptors (Lipinski definition) is 2. The molecule has 92 valence electrons. The zero-order chi connectivity index (χ0) is 13.0. The summed E-state index contributed by atoms with van der Waals surface area (Å²) in [5.74, 6) is 0. The maximum absolute atomic E-state index is 12.2. The van der Waals surface area contributed by atoms with Crippen molar-refractivity contribution in [3.8, 4) is 0 Å². The van der Waals surface area contributed by atoms with Crippen LogP contribution in [0.25, 0.3) is 31.1 Å². The van der Waals surface area contributed by atoms with E-state index in [4.69, 9.17) is 0 Å². The lowest BCUT2D eigenvalue weighted by Gasteiger charge is -2.02. The maximum Gasteiger partial charge on any atom is 0.266 e. The summed E-state index contributed by atoms with van der Waals surface area (Å²) in [6.45, 7) is 2.07. The van der Waals surface area contributed by atoms with E-state index in [1.807, 2.05) is 24.3 Å². The van der Waals surface area contributed by atoms with Crippen molar-refractivity contribution in [3.63, 3.8) is 0 Å². The summed E-state index contributed by atoms with van der Waals surface area (Å²) in [5.41, 5.74) is 2.12. The number of hydrogen-bond donors (Lipinski definition) is 1. The first-order valence-electron chi connectivity index (χ1n) is 6.18. The number of pyridine rings is 1. The lowest BCUT2D eigenvalue weighted by atomic mass is 10.1. The number of rotatable bonds is 0. The van der Waals surface area contributed by atoms with Gasteiger partial charge in [0.05, 0.1) is 0 Å². The van der Waals surface area contributed by atoms with Crippen LogP contribution in [0.5, 0.6) is 0 Å². The summed E-state index contributed by atoms with van der Waals surface area (Å²) in [5, 5.41) is 3.39. The molecule has 0 saturated heterocycles. The molecule has 2 aromatic heterocycles. The van der Waals surface area contributed by atoms with Gasteiger partial charge in [0, 0.05) is 26.4 Å². The van der Waals surface area contributed by atoms with E-state index in [1.54, 1.807) is 11.3 Å². The fourth-order valence-electron chi connectivity index (χ4n) is 2.63. The highest BCUT2D eigenvalue weighted by atomic mass is 32.1. The van der Waals surface area contributed by atoms with E-state index in [9.17, 15) is 4.79 Å². The van der Waals surface area contributed by atoms with Crippen molar-refractivity contribution < 1.29 is 0 Å². The standard InChI is InChI=1S/C16H11NOS/c1-9-6-7-12-11(8-9)14-10-4-2-3-5-13(10)19-15(14)16(18)17-12/h2-8H,1H3,(H,17,18). The van der Waals surface area contributed by atoms with Gasteiger partial charge >= 0.3 is 0 Å². The molecule has 19 heavy (non-hydrogen) atoms. The lowest BCUT2D eigenvalue weighted by Crippen LogP contribution is -2.04. The van der Waals surface area contributed by atoms with Gasteiger partial charge in [-0.3, -0.25) is 4.79 Å². The molecule has 0 aliphatic carbocycles. The molecule has 3 heteroatoms. The van der Waals surface area contributed by atoms with E-state index >= 15 is 0 Å². The zero-order valence-corrected chi connectivity index (χ0v) is 11.2. The SMILES string of the molecule is Cc1ccc2[nH]c(=O)c3sc4ccccc4c3c2c1. The normalized spacial score (nSPS) is 11.6. The van der Waals surface area contributed by atoms with Gasteiger partial charge in [0.25, 0.3) is 5.56 Å². The van der Waals surface area contributed by atoms with Gasteiger partial charge in [-0.05, 0) is 25.1 Å². The fourth-order valence-corrected chi connectivity index (χ4v) is 3.74. The van der Waals surface area contributed by atoms with Crippen molar-refractivity contribution in [2.75, 3.05) is 0 Å². The van der Waals surface area contributed by atoms with Gasteiger partial charge in [0.15, 0.2) is 0 Å². The number of benzene rings is 2. The summed E-state index contributed by atoms with van der Waals surface area (Å²) in [7, 11) is 0. The average molecular weight is 265 g/mol. The molecule has 0 unspecified atom stereocenters. The summed E-state index contributed by atoms with van der Waals surface area (Å²) in [4.78, 5) is 15.2. The smallest absolute Gasteiger partial charge is 0.266 e. The van der Waals surface area contributed by atoms with E-state index in [-0.39, 0.29) is 5.56 Å². The van der Waals surface area contributed by atoms with E-state index in [2.05, 4.69) is 30.1 Å². The molecule has 0 spiro atoms. The van der Waals surface area contributed by atoms with Crippen LogP contribution in [-0.2, 0) is 0 Å². The summed E-state index contributed by atoms with van der Waals surface area (Å²) < 4.78 is 1.98. The Labute approximate surface area is 113 Å². The van der Waals surface area contributed by atoms with Crippen LogP contribution in [-0.4, -0.2) is 4.98 Å². The Morgan fingerprint density at radius 3 is 2.79 bits per heavy atom. The van der Waals surface area contributed by atoms with Crippen LogP contribution in [0.2, 0.25) is 0 Å². The van der Waals surface area contributed by atoms with Gasteiger partial charge in [0.2, 0.25) is 0 Å². The molecular formula is C16H11NOS. The van der Waals surface area contributed by atoms with Crippen LogP contribution in [0.15, 0.2) is 47.3 Å². The fraction of sp³-hybridized carbons (Fsp3) is 0.0625. The predicted molar refractivity (Wildman–Crippen MR) is 82.2 cm³/mol. The third-order valence-corrected chi connectivity index (χ3v) is 4.66. The van der Waals surface area contributed by atoms with Crippen LogP contribution in [0.1, 0.15) is 5.56 Å². The second-order valence-electron chi connectivity index (χ2n) is 4.81. The molecule has 2 heterocycles. The number of thiophene rings is 1. The number of aryl methyl sites for hydroxylation is 1. The summed E-state index contributed by atoms with van der Waals surface area (Å²) in [6.07, 6.45) is 0. The van der Waals surface area contributed by atoms with Gasteiger partial charge in [-0.1, -0.05) is 29.8 Å². The molecule has 0 amide bonds. The highest BCUT2D eigenvalue weighted by molar-refractivity contribution is 7.25. The van der Waals surface area contributed by atoms with E-state index in [0.717, 1.165) is 25.7 Å². The van der Waals surface area contributed by atoms with Crippen LogP contribution in [0.4, 0.5) is 0 Å². The first-order valence-corrected chi connectivity index (χ1v) is 6.99. The molecule has 4 rings (SSSR count). The third kappa shape index (κ3) is 1.45. The van der Waals surface area contributed by atoms with Crippen molar-refractivity contribution in [3.05, 3.63) is 58.4 Å². The number of fused-ring (bicyclic) bond motifs is 5. The largest absolute Gasteiger partial charge is 0.321 e. The molecule has 0 atom stereocenters. The molecule has 0 radical (unpaired) electrons. The molecule has 0 fully saturated rings. The molecule has 0 saturated carbocycles.